The van der Waals surface area contributed by atoms with E-state index in [0.29, 0.717) is 40.3 Å². The predicted molar refractivity (Wildman–Crippen MR) is 128 cm³/mol. The van der Waals surface area contributed by atoms with Crippen LogP contribution in [0.4, 0.5) is 11.4 Å². The summed E-state index contributed by atoms with van der Waals surface area (Å²) in [6.07, 6.45) is 4.29. The fourth-order valence-corrected chi connectivity index (χ4v) is 3.76. The molecule has 3 aromatic rings. The number of pyridine rings is 2. The first-order valence-electron chi connectivity index (χ1n) is 10.2. The molecule has 0 fully saturated rings. The third-order valence-corrected chi connectivity index (χ3v) is 6.32. The number of hydrogen-bond acceptors (Lipinski definition) is 8. The van der Waals surface area contributed by atoms with Crippen LogP contribution in [0.25, 0.3) is 0 Å². The second-order valence-corrected chi connectivity index (χ2v) is 9.52. The smallest absolute Gasteiger partial charge is 0.339 e. The van der Waals surface area contributed by atoms with Crippen molar-refractivity contribution in [2.45, 2.75) is 13.0 Å². The number of aromatic nitrogens is 2. The average Bonchev–Trinajstić information content (AvgIpc) is 2.81. The van der Waals surface area contributed by atoms with Crippen LogP contribution in [0, 0.1) is 0 Å². The minimum Gasteiger partial charge on any atom is -0.465 e. The molecule has 2 aromatic heterocycles. The van der Waals surface area contributed by atoms with Gasteiger partial charge >= 0.3 is 5.97 Å². The van der Waals surface area contributed by atoms with Crippen LogP contribution >= 0.6 is 0 Å². The van der Waals surface area contributed by atoms with Gasteiger partial charge in [-0.1, -0.05) is 18.2 Å². The molecule has 178 valence electrons. The van der Waals surface area contributed by atoms with E-state index in [9.17, 15) is 18.0 Å². The lowest BCUT2D eigenvalue weighted by atomic mass is 10.1. The van der Waals surface area contributed by atoms with Crippen LogP contribution in [0.15, 0.2) is 54.9 Å². The summed E-state index contributed by atoms with van der Waals surface area (Å²) < 4.78 is 29.9. The van der Waals surface area contributed by atoms with E-state index in [-0.39, 0.29) is 12.1 Å². The van der Waals surface area contributed by atoms with E-state index in [0.717, 1.165) is 6.26 Å². The number of carbonyl (C=O) groups is 2. The maximum Gasteiger partial charge on any atom is 0.339 e. The summed E-state index contributed by atoms with van der Waals surface area (Å²) in [4.78, 5) is 32.1. The summed E-state index contributed by atoms with van der Waals surface area (Å²) in [5.74, 6) is -1.13. The van der Waals surface area contributed by atoms with Crippen molar-refractivity contribution in [3.63, 3.8) is 0 Å². The molecule has 10 nitrogen and oxygen atoms in total. The monoisotopic (exact) mass is 483 g/mol. The van der Waals surface area contributed by atoms with Gasteiger partial charge < -0.3 is 15.8 Å². The van der Waals surface area contributed by atoms with Gasteiger partial charge in [-0.25, -0.2) is 13.2 Å². The van der Waals surface area contributed by atoms with Gasteiger partial charge in [0.05, 0.1) is 35.9 Å². The molecule has 34 heavy (non-hydrogen) atoms. The van der Waals surface area contributed by atoms with Gasteiger partial charge in [0.15, 0.2) is 0 Å². The minimum absolute atomic E-state index is 0.201. The third-order valence-electron chi connectivity index (χ3n) is 5.13. The second kappa shape index (κ2) is 10.3. The molecule has 1 aromatic carbocycles. The number of nitrogens with one attached hydrogen (secondary N) is 1. The topological polar surface area (TPSA) is 145 Å². The molecule has 0 aliphatic carbocycles. The number of amides is 1. The van der Waals surface area contributed by atoms with Crippen molar-refractivity contribution in [3.05, 3.63) is 82.9 Å². The van der Waals surface area contributed by atoms with Crippen LogP contribution in [-0.4, -0.2) is 50.7 Å². The number of sulfonamides is 1. The summed E-state index contributed by atoms with van der Waals surface area (Å²) in [5, 5.41) is 3.17. The normalized spacial score (nSPS) is 11.0. The van der Waals surface area contributed by atoms with Crippen molar-refractivity contribution >= 4 is 33.3 Å². The number of nitrogens with two attached hydrogens (primary N) is 1. The van der Waals surface area contributed by atoms with Gasteiger partial charge in [-0.2, -0.15) is 0 Å². The number of esters is 1. The second-order valence-electron chi connectivity index (χ2n) is 7.50. The molecule has 2 heterocycles. The van der Waals surface area contributed by atoms with Crippen molar-refractivity contribution in [3.8, 4) is 0 Å². The Bertz CT molecular complexity index is 1310. The van der Waals surface area contributed by atoms with Crippen LogP contribution in [0.2, 0.25) is 0 Å². The van der Waals surface area contributed by atoms with Crippen molar-refractivity contribution in [2.24, 2.45) is 5.73 Å². The summed E-state index contributed by atoms with van der Waals surface area (Å²) in [7, 11) is -0.673. The van der Waals surface area contributed by atoms with Crippen LogP contribution in [0.1, 0.15) is 37.7 Å². The largest absolute Gasteiger partial charge is 0.465 e. The summed E-state index contributed by atoms with van der Waals surface area (Å²) >= 11 is 0. The van der Waals surface area contributed by atoms with Crippen LogP contribution in [-0.2, 0) is 27.7 Å². The van der Waals surface area contributed by atoms with E-state index in [1.807, 2.05) is 0 Å². The van der Waals surface area contributed by atoms with Crippen LogP contribution in [0.3, 0.4) is 0 Å². The lowest BCUT2D eigenvalue weighted by Crippen LogP contribution is -2.26. The fraction of sp³-hybridized carbons (Fsp3) is 0.217. The molecular weight excluding hydrogens is 458 g/mol. The number of benzene rings is 1. The van der Waals surface area contributed by atoms with Crippen molar-refractivity contribution in [2.75, 3.05) is 30.0 Å². The Morgan fingerprint density at radius 2 is 1.79 bits per heavy atom. The first kappa shape index (κ1) is 24.6. The maximum atomic E-state index is 12.0. The Morgan fingerprint density at radius 1 is 1.09 bits per heavy atom. The molecule has 0 saturated heterocycles. The van der Waals surface area contributed by atoms with Gasteiger partial charge in [0.1, 0.15) is 0 Å². The Labute approximate surface area is 197 Å². The molecule has 0 aliphatic heterocycles. The van der Waals surface area contributed by atoms with Crippen LogP contribution < -0.4 is 15.4 Å². The van der Waals surface area contributed by atoms with Gasteiger partial charge in [0.25, 0.3) is 5.91 Å². The minimum atomic E-state index is -3.45. The molecule has 3 N–H and O–H groups in total. The number of para-hydroxylation sites is 1. The number of carbonyl (C=O) groups excluding carboxylic acids is 2. The van der Waals surface area contributed by atoms with Gasteiger partial charge in [-0.05, 0) is 29.8 Å². The van der Waals surface area contributed by atoms with E-state index in [1.54, 1.807) is 42.5 Å². The average molecular weight is 484 g/mol. The number of anilines is 2. The molecule has 0 unspecified atom stereocenters. The predicted octanol–water partition coefficient (Wildman–Crippen LogP) is 1.96. The van der Waals surface area contributed by atoms with Gasteiger partial charge in [-0.3, -0.25) is 19.1 Å². The van der Waals surface area contributed by atoms with E-state index in [4.69, 9.17) is 5.73 Å². The number of rotatable bonds is 9. The molecule has 1 amide bonds. The molecule has 11 heteroatoms. The molecule has 0 bridgehead atoms. The summed E-state index contributed by atoms with van der Waals surface area (Å²) in [6.45, 7) is 0.242. The lowest BCUT2D eigenvalue weighted by molar-refractivity contribution is 0.0600. The highest BCUT2D eigenvalue weighted by Gasteiger charge is 2.17. The number of primary amides is 1. The molecule has 0 aliphatic rings. The van der Waals surface area contributed by atoms with E-state index >= 15 is 0 Å². The van der Waals surface area contributed by atoms with Gasteiger partial charge in [-0.15, -0.1) is 0 Å². The van der Waals surface area contributed by atoms with E-state index < -0.39 is 21.9 Å². The van der Waals surface area contributed by atoms with Gasteiger partial charge in [0, 0.05) is 43.8 Å². The van der Waals surface area contributed by atoms with Crippen molar-refractivity contribution in [1.29, 1.82) is 0 Å². The summed E-state index contributed by atoms with van der Waals surface area (Å²) in [6, 6.07) is 12.0. The Balaban J connectivity index is 1.84. The maximum absolute atomic E-state index is 12.0. The molecular formula is C23H25N5O5S. The summed E-state index contributed by atoms with van der Waals surface area (Å²) in [5.41, 5.74) is 9.02. The Morgan fingerprint density at radius 3 is 2.41 bits per heavy atom. The third kappa shape index (κ3) is 5.87. The first-order valence-corrected chi connectivity index (χ1v) is 12.0. The van der Waals surface area contributed by atoms with E-state index in [2.05, 4.69) is 20.0 Å². The van der Waals surface area contributed by atoms with Gasteiger partial charge in [0.2, 0.25) is 10.0 Å². The Hall–Kier alpha value is -3.99. The number of nitrogens with zero attached hydrogens (tertiary/aromatic N) is 3. The number of hydrogen-bond donors (Lipinski definition) is 2. The first-order chi connectivity index (χ1) is 16.1. The quantitative estimate of drug-likeness (QED) is 0.440. The number of ether oxygens (including phenoxy) is 1. The zero-order valence-corrected chi connectivity index (χ0v) is 19.8. The van der Waals surface area contributed by atoms with E-state index in [1.165, 1.54) is 30.9 Å². The fourth-order valence-electron chi connectivity index (χ4n) is 3.23. The van der Waals surface area contributed by atoms with Crippen molar-refractivity contribution in [1.82, 2.24) is 9.97 Å². The zero-order chi connectivity index (χ0) is 24.9. The molecule has 0 radical (unpaired) electrons. The highest BCUT2D eigenvalue weighted by molar-refractivity contribution is 7.92. The highest BCUT2D eigenvalue weighted by Crippen LogP contribution is 2.24. The molecule has 0 saturated carbocycles. The zero-order valence-electron chi connectivity index (χ0n) is 19.0. The highest BCUT2D eigenvalue weighted by atomic mass is 32.2. The molecule has 0 spiro atoms. The SMILES string of the molecule is COC(=O)c1ccc(Cc2cc(NCc3ccccc3N(C)S(C)(=O)=O)c(C(N)=O)cn2)nc1. The van der Waals surface area contributed by atoms with Crippen LogP contribution in [0.5, 0.6) is 0 Å². The van der Waals surface area contributed by atoms with Crippen molar-refractivity contribution < 1.29 is 22.7 Å². The Kier molecular flexibility index (Phi) is 7.47. The lowest BCUT2D eigenvalue weighted by Gasteiger charge is -2.21. The molecule has 3 rings (SSSR count). The standard InChI is InChI=1S/C23H25N5O5S/c1-28(34(3,31)32)21-7-5-4-6-15(21)12-27-20-11-18(26-14-19(20)22(24)29)10-17-9-8-16(13-25-17)23(30)33-2/h4-9,11,13-14H,10,12H2,1-3H3,(H2,24,29)(H,26,27). The molecule has 0 atom stereocenters. The number of methoxy groups -OCH3 is 1.